The predicted octanol–water partition coefficient (Wildman–Crippen LogP) is 4.82. The zero-order valence-electron chi connectivity index (χ0n) is 16.4. The number of esters is 1. The molecule has 0 spiro atoms. The van der Waals surface area contributed by atoms with Gasteiger partial charge in [-0.05, 0) is 48.1 Å². The average Bonchev–Trinajstić information content (AvgIpc) is 2.61. The molecule has 0 aliphatic heterocycles. The van der Waals surface area contributed by atoms with E-state index in [1.54, 1.807) is 30.3 Å². The summed E-state index contributed by atoms with van der Waals surface area (Å²) in [4.78, 5) is 24.9. The number of hydrogen-bond donors (Lipinski definition) is 2. The van der Waals surface area contributed by atoms with Crippen molar-refractivity contribution < 1.29 is 19.4 Å². The Hall–Kier alpha value is -2.82. The topological polar surface area (TPSA) is 75.6 Å². The minimum absolute atomic E-state index is 0.0500. The quantitative estimate of drug-likeness (QED) is 0.716. The highest BCUT2D eigenvalue weighted by Crippen LogP contribution is 2.33. The van der Waals surface area contributed by atoms with Gasteiger partial charge in [-0.2, -0.15) is 0 Å². The summed E-state index contributed by atoms with van der Waals surface area (Å²) in [6.07, 6.45) is -0.998. The SMILES string of the molecule is CC(C)c1cc(C(=O)O[C@@H](C)C(=O)Nc2ccccc2)c(O)c(C(C)C)c1. The Labute approximate surface area is 160 Å². The van der Waals surface area contributed by atoms with E-state index in [4.69, 9.17) is 4.74 Å². The molecule has 27 heavy (non-hydrogen) atoms. The van der Waals surface area contributed by atoms with E-state index in [0.29, 0.717) is 11.3 Å². The molecular formula is C22H27NO4. The molecule has 0 unspecified atom stereocenters. The zero-order chi connectivity index (χ0) is 20.1. The number of anilines is 1. The van der Waals surface area contributed by atoms with E-state index in [1.807, 2.05) is 39.8 Å². The van der Waals surface area contributed by atoms with Crippen molar-refractivity contribution in [1.82, 2.24) is 0 Å². The van der Waals surface area contributed by atoms with Gasteiger partial charge in [0.25, 0.3) is 5.91 Å². The van der Waals surface area contributed by atoms with Crippen LogP contribution in [-0.2, 0) is 9.53 Å². The molecule has 0 heterocycles. The van der Waals surface area contributed by atoms with E-state index in [0.717, 1.165) is 5.56 Å². The van der Waals surface area contributed by atoms with Crippen LogP contribution in [0.15, 0.2) is 42.5 Å². The largest absolute Gasteiger partial charge is 0.507 e. The highest BCUT2D eigenvalue weighted by atomic mass is 16.5. The van der Waals surface area contributed by atoms with E-state index in [1.165, 1.54) is 6.92 Å². The number of benzene rings is 2. The molecular weight excluding hydrogens is 342 g/mol. The van der Waals surface area contributed by atoms with E-state index >= 15 is 0 Å². The Bertz CT molecular complexity index is 813. The first-order valence-corrected chi connectivity index (χ1v) is 9.14. The number of carbonyl (C=O) groups is 2. The Morgan fingerprint density at radius 1 is 0.963 bits per heavy atom. The number of nitrogens with one attached hydrogen (secondary N) is 1. The van der Waals surface area contributed by atoms with Crippen molar-refractivity contribution >= 4 is 17.6 Å². The lowest BCUT2D eigenvalue weighted by molar-refractivity contribution is -0.123. The van der Waals surface area contributed by atoms with Gasteiger partial charge in [-0.1, -0.05) is 52.0 Å². The third-order valence-corrected chi connectivity index (χ3v) is 4.36. The average molecular weight is 369 g/mol. The molecule has 0 radical (unpaired) electrons. The van der Waals surface area contributed by atoms with Gasteiger partial charge in [0, 0.05) is 5.69 Å². The van der Waals surface area contributed by atoms with Crippen LogP contribution >= 0.6 is 0 Å². The van der Waals surface area contributed by atoms with E-state index in [9.17, 15) is 14.7 Å². The number of aromatic hydroxyl groups is 1. The first-order valence-electron chi connectivity index (χ1n) is 9.14. The summed E-state index contributed by atoms with van der Waals surface area (Å²) in [6.45, 7) is 9.43. The zero-order valence-corrected chi connectivity index (χ0v) is 16.4. The smallest absolute Gasteiger partial charge is 0.342 e. The third kappa shape index (κ3) is 5.09. The standard InChI is InChI=1S/C22H27NO4/c1-13(2)16-11-18(14(3)4)20(24)19(12-16)22(26)27-15(5)21(25)23-17-9-7-6-8-10-17/h6-15,24H,1-5H3,(H,23,25)/t15-/m0/s1. The van der Waals surface area contributed by atoms with Gasteiger partial charge in [-0.3, -0.25) is 4.79 Å². The number of amides is 1. The van der Waals surface area contributed by atoms with Crippen molar-refractivity contribution in [2.45, 2.75) is 52.6 Å². The molecule has 2 aromatic rings. The molecule has 0 aromatic heterocycles. The van der Waals surface area contributed by atoms with Crippen molar-refractivity contribution in [3.05, 3.63) is 59.2 Å². The Balaban J connectivity index is 2.20. The van der Waals surface area contributed by atoms with Crippen LogP contribution in [-0.4, -0.2) is 23.1 Å². The maximum absolute atomic E-state index is 12.6. The second-order valence-corrected chi connectivity index (χ2v) is 7.22. The van der Waals surface area contributed by atoms with Crippen molar-refractivity contribution in [2.24, 2.45) is 0 Å². The van der Waals surface area contributed by atoms with Gasteiger partial charge in [0.2, 0.25) is 0 Å². The minimum Gasteiger partial charge on any atom is -0.507 e. The maximum atomic E-state index is 12.6. The van der Waals surface area contributed by atoms with Gasteiger partial charge in [0.1, 0.15) is 11.3 Å². The lowest BCUT2D eigenvalue weighted by Gasteiger charge is -2.18. The molecule has 0 saturated heterocycles. The number of hydrogen-bond acceptors (Lipinski definition) is 4. The van der Waals surface area contributed by atoms with E-state index in [-0.39, 0.29) is 23.1 Å². The first kappa shape index (κ1) is 20.5. The summed E-state index contributed by atoms with van der Waals surface area (Å²) in [5.41, 5.74) is 2.33. The summed E-state index contributed by atoms with van der Waals surface area (Å²) in [6, 6.07) is 12.5. The van der Waals surface area contributed by atoms with Crippen LogP contribution in [0.25, 0.3) is 0 Å². The molecule has 0 aliphatic carbocycles. The summed E-state index contributed by atoms with van der Waals surface area (Å²) in [5.74, 6) is -0.997. The van der Waals surface area contributed by atoms with Crippen LogP contribution in [0.5, 0.6) is 5.75 Å². The van der Waals surface area contributed by atoms with Gasteiger partial charge in [-0.25, -0.2) is 4.79 Å². The maximum Gasteiger partial charge on any atom is 0.342 e. The van der Waals surface area contributed by atoms with Gasteiger partial charge >= 0.3 is 5.97 Å². The van der Waals surface area contributed by atoms with Crippen LogP contribution in [0.2, 0.25) is 0 Å². The fraction of sp³-hybridized carbons (Fsp3) is 0.364. The number of para-hydroxylation sites is 1. The number of phenolic OH excluding ortho intramolecular Hbond substituents is 1. The number of ether oxygens (including phenoxy) is 1. The molecule has 0 aliphatic rings. The van der Waals surface area contributed by atoms with Crippen LogP contribution in [0, 0.1) is 0 Å². The molecule has 2 rings (SSSR count). The van der Waals surface area contributed by atoms with Crippen molar-refractivity contribution in [2.75, 3.05) is 5.32 Å². The van der Waals surface area contributed by atoms with E-state index < -0.39 is 18.0 Å². The number of phenols is 1. The first-order chi connectivity index (χ1) is 12.7. The highest BCUT2D eigenvalue weighted by Gasteiger charge is 2.24. The molecule has 2 aromatic carbocycles. The van der Waals surface area contributed by atoms with Gasteiger partial charge in [0.05, 0.1) is 0 Å². The van der Waals surface area contributed by atoms with Crippen molar-refractivity contribution in [1.29, 1.82) is 0 Å². The van der Waals surface area contributed by atoms with Crippen molar-refractivity contribution in [3.8, 4) is 5.75 Å². The van der Waals surface area contributed by atoms with Crippen LogP contribution in [0.3, 0.4) is 0 Å². The van der Waals surface area contributed by atoms with Crippen molar-refractivity contribution in [3.63, 3.8) is 0 Å². The van der Waals surface area contributed by atoms with Crippen LogP contribution < -0.4 is 5.32 Å². The van der Waals surface area contributed by atoms with Crippen LogP contribution in [0.4, 0.5) is 5.69 Å². The predicted molar refractivity (Wildman–Crippen MR) is 106 cm³/mol. The Morgan fingerprint density at radius 3 is 2.15 bits per heavy atom. The number of rotatable bonds is 6. The Morgan fingerprint density at radius 2 is 1.59 bits per heavy atom. The molecule has 5 nitrogen and oxygen atoms in total. The Kier molecular flexibility index (Phi) is 6.61. The lowest BCUT2D eigenvalue weighted by Crippen LogP contribution is -2.30. The normalized spacial score (nSPS) is 12.1. The molecule has 1 atom stereocenters. The number of carbonyl (C=O) groups excluding carboxylic acids is 2. The highest BCUT2D eigenvalue weighted by molar-refractivity contribution is 5.98. The summed E-state index contributed by atoms with van der Waals surface area (Å²) >= 11 is 0. The summed E-state index contributed by atoms with van der Waals surface area (Å²) in [5, 5.41) is 13.2. The second kappa shape index (κ2) is 8.71. The molecule has 5 heteroatoms. The summed E-state index contributed by atoms with van der Waals surface area (Å²) in [7, 11) is 0. The molecule has 144 valence electrons. The molecule has 0 saturated carbocycles. The molecule has 0 fully saturated rings. The van der Waals surface area contributed by atoms with Gasteiger partial charge in [0.15, 0.2) is 6.10 Å². The minimum atomic E-state index is -0.998. The lowest BCUT2D eigenvalue weighted by atomic mass is 9.92. The van der Waals surface area contributed by atoms with E-state index in [2.05, 4.69) is 5.32 Å². The van der Waals surface area contributed by atoms with Gasteiger partial charge in [-0.15, -0.1) is 0 Å². The third-order valence-electron chi connectivity index (χ3n) is 4.36. The van der Waals surface area contributed by atoms with Gasteiger partial charge < -0.3 is 15.2 Å². The van der Waals surface area contributed by atoms with Crippen LogP contribution in [0.1, 0.15) is 67.9 Å². The molecule has 2 N–H and O–H groups in total. The second-order valence-electron chi connectivity index (χ2n) is 7.22. The fourth-order valence-electron chi connectivity index (χ4n) is 2.65. The monoisotopic (exact) mass is 369 g/mol. The fourth-order valence-corrected chi connectivity index (χ4v) is 2.65. The molecule has 1 amide bonds. The summed E-state index contributed by atoms with van der Waals surface area (Å²) < 4.78 is 5.31. The molecule has 0 bridgehead atoms.